The summed E-state index contributed by atoms with van der Waals surface area (Å²) in [4.78, 5) is 25.2. The van der Waals surface area contributed by atoms with E-state index in [9.17, 15) is 9.59 Å². The van der Waals surface area contributed by atoms with Crippen molar-refractivity contribution in [1.82, 2.24) is 5.32 Å². The number of para-hydroxylation sites is 1. The van der Waals surface area contributed by atoms with Crippen LogP contribution in [0.3, 0.4) is 0 Å². The standard InChI is InChI=1S/C16H13NO3S/c1-10(15-7-4-8-21-15)17-16(19)14-9-12(18)11-5-2-3-6-13(11)20-14/h2-10H,1H3,(H,17,19)/t10-/m0/s1. The third-order valence-corrected chi connectivity index (χ3v) is 4.23. The van der Waals surface area contributed by atoms with Crippen molar-refractivity contribution in [2.45, 2.75) is 13.0 Å². The molecule has 0 fully saturated rings. The smallest absolute Gasteiger partial charge is 0.287 e. The van der Waals surface area contributed by atoms with Crippen molar-refractivity contribution in [1.29, 1.82) is 0 Å². The summed E-state index contributed by atoms with van der Waals surface area (Å²) in [6.07, 6.45) is 0. The number of carbonyl (C=O) groups is 1. The quantitative estimate of drug-likeness (QED) is 0.807. The topological polar surface area (TPSA) is 59.3 Å². The van der Waals surface area contributed by atoms with Crippen molar-refractivity contribution in [3.05, 3.63) is 68.7 Å². The summed E-state index contributed by atoms with van der Waals surface area (Å²) >= 11 is 1.57. The highest BCUT2D eigenvalue weighted by atomic mass is 32.1. The molecule has 3 rings (SSSR count). The van der Waals surface area contributed by atoms with Crippen LogP contribution in [0.5, 0.6) is 0 Å². The predicted octanol–water partition coefficient (Wildman–Crippen LogP) is 3.35. The highest BCUT2D eigenvalue weighted by Gasteiger charge is 2.15. The molecule has 1 N–H and O–H groups in total. The van der Waals surface area contributed by atoms with Gasteiger partial charge in [0.05, 0.1) is 11.4 Å². The number of hydrogen-bond acceptors (Lipinski definition) is 4. The molecule has 5 heteroatoms. The second kappa shape index (κ2) is 5.54. The van der Waals surface area contributed by atoms with Crippen LogP contribution in [0.25, 0.3) is 11.0 Å². The molecule has 0 saturated carbocycles. The second-order valence-electron chi connectivity index (χ2n) is 4.68. The Balaban J connectivity index is 1.90. The molecule has 1 atom stereocenters. The summed E-state index contributed by atoms with van der Waals surface area (Å²) in [6.45, 7) is 1.89. The number of benzene rings is 1. The SMILES string of the molecule is C[C@H](NC(=O)c1cc(=O)c2ccccc2o1)c1cccs1. The Bertz CT molecular complexity index is 836. The van der Waals surface area contributed by atoms with Crippen molar-refractivity contribution >= 4 is 28.2 Å². The lowest BCUT2D eigenvalue weighted by molar-refractivity contribution is 0.0913. The van der Waals surface area contributed by atoms with E-state index in [1.165, 1.54) is 6.07 Å². The number of amides is 1. The van der Waals surface area contributed by atoms with Gasteiger partial charge in [-0.1, -0.05) is 18.2 Å². The number of fused-ring (bicyclic) bond motifs is 1. The molecular weight excluding hydrogens is 286 g/mol. The highest BCUT2D eigenvalue weighted by molar-refractivity contribution is 7.10. The van der Waals surface area contributed by atoms with E-state index < -0.39 is 5.91 Å². The first kappa shape index (κ1) is 13.6. The minimum Gasteiger partial charge on any atom is -0.451 e. The van der Waals surface area contributed by atoms with Gasteiger partial charge < -0.3 is 9.73 Å². The van der Waals surface area contributed by atoms with E-state index in [-0.39, 0.29) is 17.2 Å². The molecule has 1 amide bonds. The van der Waals surface area contributed by atoms with Crippen molar-refractivity contribution in [2.75, 3.05) is 0 Å². The molecule has 0 unspecified atom stereocenters. The first-order valence-electron chi connectivity index (χ1n) is 6.52. The third-order valence-electron chi connectivity index (χ3n) is 3.18. The van der Waals surface area contributed by atoms with Gasteiger partial charge in [-0.3, -0.25) is 9.59 Å². The van der Waals surface area contributed by atoms with Gasteiger partial charge in [-0.2, -0.15) is 0 Å². The zero-order valence-electron chi connectivity index (χ0n) is 11.3. The molecule has 1 aromatic carbocycles. The first-order valence-corrected chi connectivity index (χ1v) is 7.40. The van der Waals surface area contributed by atoms with Crippen LogP contribution in [-0.4, -0.2) is 5.91 Å². The molecule has 0 saturated heterocycles. The van der Waals surface area contributed by atoms with Gasteiger partial charge >= 0.3 is 0 Å². The number of rotatable bonds is 3. The maximum atomic E-state index is 12.2. The van der Waals surface area contributed by atoms with E-state index in [0.29, 0.717) is 11.0 Å². The van der Waals surface area contributed by atoms with Crippen molar-refractivity contribution in [3.8, 4) is 0 Å². The zero-order valence-corrected chi connectivity index (χ0v) is 12.1. The molecule has 0 aliphatic heterocycles. The molecule has 21 heavy (non-hydrogen) atoms. The summed E-state index contributed by atoms with van der Waals surface area (Å²) in [5.74, 6) is -0.360. The lowest BCUT2D eigenvalue weighted by Gasteiger charge is -2.11. The Hall–Kier alpha value is -2.40. The summed E-state index contributed by atoms with van der Waals surface area (Å²) in [5, 5.41) is 5.25. The largest absolute Gasteiger partial charge is 0.451 e. The zero-order chi connectivity index (χ0) is 14.8. The minimum absolute atomic E-state index is 0.0297. The van der Waals surface area contributed by atoms with Crippen LogP contribution in [0.4, 0.5) is 0 Å². The van der Waals surface area contributed by atoms with Crippen LogP contribution in [-0.2, 0) is 0 Å². The van der Waals surface area contributed by atoms with E-state index in [4.69, 9.17) is 4.42 Å². The Kier molecular flexibility index (Phi) is 3.58. The lowest BCUT2D eigenvalue weighted by Crippen LogP contribution is -2.26. The predicted molar refractivity (Wildman–Crippen MR) is 82.7 cm³/mol. The molecular formula is C16H13NO3S. The Morgan fingerprint density at radius 1 is 1.24 bits per heavy atom. The molecule has 0 aliphatic rings. The van der Waals surface area contributed by atoms with Gasteiger partial charge in [0.2, 0.25) is 0 Å². The van der Waals surface area contributed by atoms with Crippen LogP contribution in [0.1, 0.15) is 28.4 Å². The second-order valence-corrected chi connectivity index (χ2v) is 5.66. The average Bonchev–Trinajstić information content (AvgIpc) is 3.01. The molecule has 2 aromatic heterocycles. The number of carbonyl (C=O) groups excluding carboxylic acids is 1. The Morgan fingerprint density at radius 2 is 2.05 bits per heavy atom. The molecule has 0 aliphatic carbocycles. The van der Waals surface area contributed by atoms with Gasteiger partial charge in [0.1, 0.15) is 5.58 Å². The minimum atomic E-state index is -0.390. The summed E-state index contributed by atoms with van der Waals surface area (Å²) < 4.78 is 5.51. The van der Waals surface area contributed by atoms with E-state index in [1.807, 2.05) is 24.4 Å². The summed E-state index contributed by atoms with van der Waals surface area (Å²) in [6, 6.07) is 11.9. The molecule has 0 bridgehead atoms. The van der Waals surface area contributed by atoms with E-state index in [0.717, 1.165) is 4.88 Å². The monoisotopic (exact) mass is 299 g/mol. The molecule has 0 radical (unpaired) electrons. The average molecular weight is 299 g/mol. The van der Waals surface area contributed by atoms with Gasteiger partial charge in [-0.15, -0.1) is 11.3 Å². The van der Waals surface area contributed by atoms with Crippen LogP contribution < -0.4 is 10.7 Å². The molecule has 0 spiro atoms. The maximum absolute atomic E-state index is 12.2. The Labute approximate surface area is 125 Å². The fraction of sp³-hybridized carbons (Fsp3) is 0.125. The van der Waals surface area contributed by atoms with Gasteiger partial charge in [0.15, 0.2) is 11.2 Å². The van der Waals surface area contributed by atoms with Crippen LogP contribution in [0.2, 0.25) is 0 Å². The van der Waals surface area contributed by atoms with Crippen molar-refractivity contribution in [3.63, 3.8) is 0 Å². The Morgan fingerprint density at radius 3 is 2.81 bits per heavy atom. The van der Waals surface area contributed by atoms with Crippen LogP contribution in [0, 0.1) is 0 Å². The third kappa shape index (κ3) is 2.73. The highest BCUT2D eigenvalue weighted by Crippen LogP contribution is 2.19. The molecule has 106 valence electrons. The van der Waals surface area contributed by atoms with Gasteiger partial charge in [-0.25, -0.2) is 0 Å². The lowest BCUT2D eigenvalue weighted by atomic mass is 10.2. The van der Waals surface area contributed by atoms with Crippen molar-refractivity contribution < 1.29 is 9.21 Å². The van der Waals surface area contributed by atoms with Crippen LogP contribution >= 0.6 is 11.3 Å². The molecule has 3 aromatic rings. The fourth-order valence-electron chi connectivity index (χ4n) is 2.09. The number of thiophene rings is 1. The normalized spacial score (nSPS) is 12.2. The summed E-state index contributed by atoms with van der Waals surface area (Å²) in [7, 11) is 0. The van der Waals surface area contributed by atoms with Crippen molar-refractivity contribution in [2.24, 2.45) is 0 Å². The fourth-order valence-corrected chi connectivity index (χ4v) is 2.83. The van der Waals surface area contributed by atoms with E-state index in [1.54, 1.807) is 35.6 Å². The van der Waals surface area contributed by atoms with E-state index >= 15 is 0 Å². The molecule has 4 nitrogen and oxygen atoms in total. The maximum Gasteiger partial charge on any atom is 0.287 e. The number of nitrogens with one attached hydrogen (secondary N) is 1. The van der Waals surface area contributed by atoms with Gasteiger partial charge in [-0.05, 0) is 30.5 Å². The van der Waals surface area contributed by atoms with Gasteiger partial charge in [0.25, 0.3) is 5.91 Å². The summed E-state index contributed by atoms with van der Waals surface area (Å²) in [5.41, 5.74) is 0.199. The first-order chi connectivity index (χ1) is 10.1. The van der Waals surface area contributed by atoms with Gasteiger partial charge in [0, 0.05) is 10.9 Å². The molecule has 2 heterocycles. The number of hydrogen-bond donors (Lipinski definition) is 1. The van der Waals surface area contributed by atoms with E-state index in [2.05, 4.69) is 5.32 Å². The van der Waals surface area contributed by atoms with Crippen LogP contribution in [0.15, 0.2) is 57.1 Å².